The zero-order valence-electron chi connectivity index (χ0n) is 13.5. The number of benzene rings is 2. The predicted molar refractivity (Wildman–Crippen MR) is 92.6 cm³/mol. The fourth-order valence-electron chi connectivity index (χ4n) is 1.76. The molecule has 0 spiro atoms. The number of Topliss-reactive ketones (excluding diaryl/α,β-unsaturated/α-hetero) is 1. The van der Waals surface area contributed by atoms with E-state index in [4.69, 9.17) is 5.73 Å². The second kappa shape index (κ2) is 9.04. The molecule has 7 heteroatoms. The van der Waals surface area contributed by atoms with Crippen LogP contribution in [-0.4, -0.2) is 16.6 Å². The molecule has 0 fully saturated rings. The van der Waals surface area contributed by atoms with Crippen LogP contribution in [0, 0.1) is 17.0 Å². The lowest BCUT2D eigenvalue weighted by Crippen LogP contribution is -2.14. The molecule has 0 heterocycles. The Kier molecular flexibility index (Phi) is 7.09. The number of nitrogen functional groups attached to an aromatic ring is 1. The summed E-state index contributed by atoms with van der Waals surface area (Å²) < 4.78 is 0. The molecule has 24 heavy (non-hydrogen) atoms. The van der Waals surface area contributed by atoms with Crippen molar-refractivity contribution in [3.05, 3.63) is 64.2 Å². The maximum Gasteiger partial charge on any atom is 0.292 e. The van der Waals surface area contributed by atoms with E-state index in [2.05, 4.69) is 5.32 Å². The minimum atomic E-state index is -0.484. The lowest BCUT2D eigenvalue weighted by molar-refractivity contribution is -0.383. The third-order valence-electron chi connectivity index (χ3n) is 2.85. The van der Waals surface area contributed by atoms with Gasteiger partial charge in [-0.1, -0.05) is 24.3 Å². The lowest BCUT2D eigenvalue weighted by atomic mass is 10.2. The Balaban J connectivity index is 0.000000243. The van der Waals surface area contributed by atoms with Crippen LogP contribution < -0.4 is 11.1 Å². The van der Waals surface area contributed by atoms with Gasteiger partial charge in [-0.25, -0.2) is 0 Å². The molecule has 3 N–H and O–H groups in total. The average molecular weight is 329 g/mol. The average Bonchev–Trinajstić information content (AvgIpc) is 2.50. The lowest BCUT2D eigenvalue weighted by Gasteiger charge is -2.01. The number of carbonyl (C=O) groups excluding carboxylic acids is 2. The van der Waals surface area contributed by atoms with Gasteiger partial charge in [0.05, 0.1) is 11.3 Å². The van der Waals surface area contributed by atoms with Gasteiger partial charge in [0.2, 0.25) is 5.91 Å². The van der Waals surface area contributed by atoms with Crippen LogP contribution in [0.3, 0.4) is 0 Å². The van der Waals surface area contributed by atoms with E-state index in [1.54, 1.807) is 25.1 Å². The van der Waals surface area contributed by atoms with E-state index in [0.29, 0.717) is 5.69 Å². The number of nitrogens with one attached hydrogen (secondary N) is 1. The molecule has 2 rings (SSSR count). The van der Waals surface area contributed by atoms with Crippen LogP contribution in [0.4, 0.5) is 17.1 Å². The smallest absolute Gasteiger partial charge is 0.292 e. The number of nitrogens with two attached hydrogens (primary N) is 1. The monoisotopic (exact) mass is 329 g/mol. The number of nitro groups is 1. The molecule has 2 aromatic carbocycles. The van der Waals surface area contributed by atoms with Gasteiger partial charge in [-0.15, -0.1) is 0 Å². The van der Waals surface area contributed by atoms with Gasteiger partial charge in [0.25, 0.3) is 5.69 Å². The normalized spacial score (nSPS) is 9.42. The number of aryl methyl sites for hydroxylation is 1. The molecule has 0 aliphatic heterocycles. The van der Waals surface area contributed by atoms with Crippen molar-refractivity contribution in [2.24, 2.45) is 0 Å². The van der Waals surface area contributed by atoms with Crippen molar-refractivity contribution in [3.8, 4) is 0 Å². The number of hydrogen-bond donors (Lipinski definition) is 2. The van der Waals surface area contributed by atoms with Gasteiger partial charge < -0.3 is 11.1 Å². The summed E-state index contributed by atoms with van der Waals surface area (Å²) in [6.45, 7) is 3.18. The van der Waals surface area contributed by atoms with Crippen molar-refractivity contribution in [2.75, 3.05) is 11.1 Å². The van der Waals surface area contributed by atoms with Crippen LogP contribution >= 0.6 is 0 Å². The summed E-state index contributed by atoms with van der Waals surface area (Å²) in [6, 6.07) is 13.8. The first-order valence-corrected chi connectivity index (χ1v) is 7.14. The predicted octanol–water partition coefficient (Wildman–Crippen LogP) is 3.09. The van der Waals surface area contributed by atoms with E-state index < -0.39 is 4.92 Å². The number of carbonyl (C=O) groups is 2. The van der Waals surface area contributed by atoms with Gasteiger partial charge in [0.1, 0.15) is 11.5 Å². The SMILES string of the molecule is CC(=O)CC(=O)Nc1ccccc1.Cc1ccc(N)c([N+](=O)[O-])c1. The molecule has 0 aromatic heterocycles. The Morgan fingerprint density at radius 2 is 1.79 bits per heavy atom. The van der Waals surface area contributed by atoms with E-state index in [-0.39, 0.29) is 29.5 Å². The summed E-state index contributed by atoms with van der Waals surface area (Å²) in [5.41, 5.74) is 7.09. The van der Waals surface area contributed by atoms with Crippen molar-refractivity contribution < 1.29 is 14.5 Å². The van der Waals surface area contributed by atoms with Gasteiger partial charge in [-0.2, -0.15) is 0 Å². The van der Waals surface area contributed by atoms with E-state index in [1.807, 2.05) is 18.2 Å². The number of anilines is 2. The molecule has 0 aliphatic carbocycles. The highest BCUT2D eigenvalue weighted by Gasteiger charge is 2.09. The Labute approximate surface area is 139 Å². The van der Waals surface area contributed by atoms with Gasteiger partial charge in [0.15, 0.2) is 0 Å². The van der Waals surface area contributed by atoms with E-state index in [0.717, 1.165) is 5.56 Å². The standard InChI is InChI=1S/C10H11NO2.C7H8N2O2/c1-8(12)7-10(13)11-9-5-3-2-4-6-9;1-5-2-3-6(8)7(4-5)9(10)11/h2-6H,7H2,1H3,(H,11,13);2-4H,8H2,1H3. The zero-order chi connectivity index (χ0) is 18.1. The van der Waals surface area contributed by atoms with Crippen molar-refractivity contribution in [3.63, 3.8) is 0 Å². The van der Waals surface area contributed by atoms with Gasteiger partial charge in [0, 0.05) is 11.8 Å². The van der Waals surface area contributed by atoms with Crippen LogP contribution in [0.5, 0.6) is 0 Å². The maximum atomic E-state index is 11.1. The largest absolute Gasteiger partial charge is 0.393 e. The summed E-state index contributed by atoms with van der Waals surface area (Å²) in [5, 5.41) is 12.9. The second-order valence-electron chi connectivity index (χ2n) is 5.11. The van der Waals surface area contributed by atoms with Gasteiger partial charge in [-0.3, -0.25) is 19.7 Å². The number of nitro benzene ring substituents is 1. The first kappa shape index (κ1) is 18.8. The van der Waals surface area contributed by atoms with Crippen molar-refractivity contribution in [1.29, 1.82) is 0 Å². The first-order valence-electron chi connectivity index (χ1n) is 7.14. The highest BCUT2D eigenvalue weighted by molar-refractivity contribution is 6.03. The third kappa shape index (κ3) is 6.69. The second-order valence-corrected chi connectivity index (χ2v) is 5.11. The molecule has 1 amide bonds. The molecule has 0 saturated carbocycles. The first-order chi connectivity index (χ1) is 11.3. The number of nitrogens with zero attached hydrogens (tertiary/aromatic N) is 1. The van der Waals surface area contributed by atoms with Crippen molar-refractivity contribution in [1.82, 2.24) is 0 Å². The topological polar surface area (TPSA) is 115 Å². The summed E-state index contributed by atoms with van der Waals surface area (Å²) in [6.07, 6.45) is -0.0606. The van der Waals surface area contributed by atoms with Crippen LogP contribution in [0.2, 0.25) is 0 Å². The maximum absolute atomic E-state index is 11.1. The van der Waals surface area contributed by atoms with E-state index in [9.17, 15) is 19.7 Å². The summed E-state index contributed by atoms with van der Waals surface area (Å²) >= 11 is 0. The Bertz CT molecular complexity index is 730. The minimum Gasteiger partial charge on any atom is -0.393 e. The fourth-order valence-corrected chi connectivity index (χ4v) is 1.76. The molecule has 0 radical (unpaired) electrons. The molecule has 0 unspecified atom stereocenters. The fraction of sp³-hybridized carbons (Fsp3) is 0.176. The summed E-state index contributed by atoms with van der Waals surface area (Å²) in [5.74, 6) is -0.396. The zero-order valence-corrected chi connectivity index (χ0v) is 13.5. The number of ketones is 1. The number of amides is 1. The molecule has 2 aromatic rings. The van der Waals surface area contributed by atoms with Crippen molar-refractivity contribution in [2.45, 2.75) is 20.3 Å². The Morgan fingerprint density at radius 1 is 1.17 bits per heavy atom. The summed E-state index contributed by atoms with van der Waals surface area (Å²) in [4.78, 5) is 31.5. The van der Waals surface area contributed by atoms with E-state index >= 15 is 0 Å². The molecular weight excluding hydrogens is 310 g/mol. The van der Waals surface area contributed by atoms with Crippen LogP contribution in [-0.2, 0) is 9.59 Å². The van der Waals surface area contributed by atoms with Crippen molar-refractivity contribution >= 4 is 28.8 Å². The van der Waals surface area contributed by atoms with Gasteiger partial charge >= 0.3 is 0 Å². The minimum absolute atomic E-state index is 0.0231. The van der Waals surface area contributed by atoms with Gasteiger partial charge in [-0.05, 0) is 37.6 Å². The van der Waals surface area contributed by atoms with Crippen LogP contribution in [0.1, 0.15) is 18.9 Å². The molecular formula is C17H19N3O4. The number of rotatable bonds is 4. The molecule has 126 valence electrons. The highest BCUT2D eigenvalue weighted by atomic mass is 16.6. The highest BCUT2D eigenvalue weighted by Crippen LogP contribution is 2.21. The third-order valence-corrected chi connectivity index (χ3v) is 2.85. The molecule has 0 saturated heterocycles. The molecule has 0 aliphatic rings. The number of para-hydroxylation sites is 1. The van der Waals surface area contributed by atoms with Crippen LogP contribution in [0.25, 0.3) is 0 Å². The van der Waals surface area contributed by atoms with E-state index in [1.165, 1.54) is 19.1 Å². The quantitative estimate of drug-likeness (QED) is 0.387. The van der Waals surface area contributed by atoms with Crippen LogP contribution in [0.15, 0.2) is 48.5 Å². The summed E-state index contributed by atoms with van der Waals surface area (Å²) in [7, 11) is 0. The Morgan fingerprint density at radius 3 is 2.29 bits per heavy atom. The molecule has 0 bridgehead atoms. The molecule has 7 nitrogen and oxygen atoms in total. The Hall–Kier alpha value is -3.22. The molecule has 0 atom stereocenters. The number of hydrogen-bond acceptors (Lipinski definition) is 5.